The molecule has 0 radical (unpaired) electrons. The van der Waals surface area contributed by atoms with Gasteiger partial charge < -0.3 is 9.64 Å². The fourth-order valence-corrected chi connectivity index (χ4v) is 4.32. The van der Waals surface area contributed by atoms with Crippen molar-refractivity contribution < 1.29 is 9.53 Å². The zero-order valence-corrected chi connectivity index (χ0v) is 14.6. The van der Waals surface area contributed by atoms with Crippen molar-refractivity contribution in [3.63, 3.8) is 0 Å². The summed E-state index contributed by atoms with van der Waals surface area (Å²) in [6.45, 7) is 1.82. The van der Waals surface area contributed by atoms with E-state index in [0.717, 1.165) is 36.3 Å². The van der Waals surface area contributed by atoms with Crippen LogP contribution < -0.4 is 4.74 Å². The Labute approximate surface area is 148 Å². The number of ether oxygens (including phenoxy) is 1. The Kier molecular flexibility index (Phi) is 4.81. The lowest BCUT2D eigenvalue weighted by atomic mass is 9.80. The number of fused-ring (bicyclic) bond motifs is 1. The van der Waals surface area contributed by atoms with Crippen molar-refractivity contribution in [3.8, 4) is 5.88 Å². The van der Waals surface area contributed by atoms with Crippen LogP contribution in [0.25, 0.3) is 10.9 Å². The zero-order valence-electron chi connectivity index (χ0n) is 14.6. The highest BCUT2D eigenvalue weighted by Crippen LogP contribution is 2.35. The molecule has 1 aromatic carbocycles. The van der Waals surface area contributed by atoms with Gasteiger partial charge in [-0.1, -0.05) is 44.2 Å². The number of amides is 1. The van der Waals surface area contributed by atoms with Crippen molar-refractivity contribution >= 4 is 16.8 Å². The van der Waals surface area contributed by atoms with Crippen LogP contribution in [0.5, 0.6) is 5.88 Å². The van der Waals surface area contributed by atoms with Gasteiger partial charge in [0.1, 0.15) is 6.33 Å². The Hall–Kier alpha value is -2.17. The lowest BCUT2D eigenvalue weighted by Crippen LogP contribution is -2.34. The summed E-state index contributed by atoms with van der Waals surface area (Å²) in [5.74, 6) is 2.06. The molecule has 1 atom stereocenters. The summed E-state index contributed by atoms with van der Waals surface area (Å²) in [6, 6.07) is 7.69. The topological polar surface area (TPSA) is 55.3 Å². The Morgan fingerprint density at radius 3 is 2.80 bits per heavy atom. The summed E-state index contributed by atoms with van der Waals surface area (Å²) in [6.07, 6.45) is 9.42. The molecule has 5 heteroatoms. The minimum Gasteiger partial charge on any atom is -0.467 e. The average molecular weight is 339 g/mol. The molecule has 0 bridgehead atoms. The molecular weight excluding hydrogens is 314 g/mol. The van der Waals surface area contributed by atoms with Crippen LogP contribution in [0.1, 0.15) is 38.5 Å². The van der Waals surface area contributed by atoms with Gasteiger partial charge in [0.25, 0.3) is 5.91 Å². The highest BCUT2D eigenvalue weighted by atomic mass is 16.5. The summed E-state index contributed by atoms with van der Waals surface area (Å²) in [7, 11) is 0. The van der Waals surface area contributed by atoms with E-state index in [-0.39, 0.29) is 12.5 Å². The second-order valence-electron chi connectivity index (χ2n) is 7.27. The van der Waals surface area contributed by atoms with Gasteiger partial charge in [0.2, 0.25) is 5.88 Å². The van der Waals surface area contributed by atoms with E-state index in [1.165, 1.54) is 38.4 Å². The number of likely N-dealkylation sites (tertiary alicyclic amines) is 1. The number of hydrogen-bond acceptors (Lipinski definition) is 4. The van der Waals surface area contributed by atoms with E-state index in [1.807, 2.05) is 29.2 Å². The minimum absolute atomic E-state index is 0.0540. The van der Waals surface area contributed by atoms with Crippen LogP contribution in [0.2, 0.25) is 0 Å². The number of rotatable bonds is 4. The maximum Gasteiger partial charge on any atom is 0.260 e. The van der Waals surface area contributed by atoms with E-state index in [4.69, 9.17) is 4.74 Å². The van der Waals surface area contributed by atoms with Crippen LogP contribution in [0.4, 0.5) is 0 Å². The fraction of sp³-hybridized carbons (Fsp3) is 0.550. The molecule has 4 rings (SSSR count). The van der Waals surface area contributed by atoms with Gasteiger partial charge in [0, 0.05) is 13.1 Å². The molecule has 0 N–H and O–H groups in total. The number of hydrogen-bond donors (Lipinski definition) is 0. The summed E-state index contributed by atoms with van der Waals surface area (Å²) < 4.78 is 5.73. The molecule has 132 valence electrons. The average Bonchev–Trinajstić information content (AvgIpc) is 3.17. The van der Waals surface area contributed by atoms with E-state index >= 15 is 0 Å². The quantitative estimate of drug-likeness (QED) is 0.856. The summed E-state index contributed by atoms with van der Waals surface area (Å²) in [5.41, 5.74) is 0.832. The molecular formula is C20H25N3O2. The lowest BCUT2D eigenvalue weighted by molar-refractivity contribution is -0.132. The first-order chi connectivity index (χ1) is 12.3. The predicted octanol–water partition coefficient (Wildman–Crippen LogP) is 3.44. The van der Waals surface area contributed by atoms with Crippen LogP contribution in [0.15, 0.2) is 30.6 Å². The third-order valence-corrected chi connectivity index (χ3v) is 5.73. The molecule has 2 fully saturated rings. The minimum atomic E-state index is 0.0540. The molecule has 2 aromatic rings. The second kappa shape index (κ2) is 7.38. The first kappa shape index (κ1) is 16.3. The normalized spacial score (nSPS) is 21.6. The summed E-state index contributed by atoms with van der Waals surface area (Å²) >= 11 is 0. The molecule has 2 aliphatic rings. The SMILES string of the molecule is O=C(COc1ncnc2ccccc12)N1CCC(C2CCCCC2)C1. The monoisotopic (exact) mass is 339 g/mol. The summed E-state index contributed by atoms with van der Waals surface area (Å²) in [5, 5.41) is 0.847. The maximum atomic E-state index is 12.5. The Balaban J connectivity index is 1.34. The van der Waals surface area contributed by atoms with Crippen molar-refractivity contribution in [1.29, 1.82) is 0 Å². The molecule has 25 heavy (non-hydrogen) atoms. The van der Waals surface area contributed by atoms with Gasteiger partial charge in [-0.3, -0.25) is 4.79 Å². The van der Waals surface area contributed by atoms with Crippen molar-refractivity contribution in [1.82, 2.24) is 14.9 Å². The van der Waals surface area contributed by atoms with Gasteiger partial charge in [0.05, 0.1) is 10.9 Å². The first-order valence-corrected chi connectivity index (χ1v) is 9.41. The van der Waals surface area contributed by atoms with Crippen LogP contribution >= 0.6 is 0 Å². The maximum absolute atomic E-state index is 12.5. The molecule has 1 saturated heterocycles. The number of para-hydroxylation sites is 1. The molecule has 1 aliphatic carbocycles. The molecule has 1 saturated carbocycles. The Morgan fingerprint density at radius 1 is 1.08 bits per heavy atom. The number of nitrogens with zero attached hydrogens (tertiary/aromatic N) is 3. The van der Waals surface area contributed by atoms with Crippen LogP contribution in [-0.2, 0) is 4.79 Å². The van der Waals surface area contributed by atoms with Crippen molar-refractivity contribution in [3.05, 3.63) is 30.6 Å². The smallest absolute Gasteiger partial charge is 0.260 e. The van der Waals surface area contributed by atoms with Gasteiger partial charge in [-0.15, -0.1) is 0 Å². The third-order valence-electron chi connectivity index (χ3n) is 5.73. The van der Waals surface area contributed by atoms with Gasteiger partial charge >= 0.3 is 0 Å². The Morgan fingerprint density at radius 2 is 1.92 bits per heavy atom. The molecule has 1 unspecified atom stereocenters. The number of benzene rings is 1. The molecule has 2 heterocycles. The Bertz CT molecular complexity index is 737. The molecule has 1 amide bonds. The van der Waals surface area contributed by atoms with Crippen molar-refractivity contribution in [2.75, 3.05) is 19.7 Å². The van der Waals surface area contributed by atoms with Crippen LogP contribution in [0.3, 0.4) is 0 Å². The molecule has 1 aromatic heterocycles. The van der Waals surface area contributed by atoms with Gasteiger partial charge in [-0.05, 0) is 30.4 Å². The van der Waals surface area contributed by atoms with E-state index in [2.05, 4.69) is 9.97 Å². The van der Waals surface area contributed by atoms with E-state index in [9.17, 15) is 4.79 Å². The zero-order chi connectivity index (χ0) is 17.1. The van der Waals surface area contributed by atoms with E-state index in [1.54, 1.807) is 0 Å². The molecule has 5 nitrogen and oxygen atoms in total. The first-order valence-electron chi connectivity index (χ1n) is 9.41. The van der Waals surface area contributed by atoms with Crippen LogP contribution in [0, 0.1) is 11.8 Å². The van der Waals surface area contributed by atoms with Gasteiger partial charge in [0.15, 0.2) is 6.61 Å². The largest absolute Gasteiger partial charge is 0.467 e. The lowest BCUT2D eigenvalue weighted by Gasteiger charge is -2.27. The van der Waals surface area contributed by atoms with Gasteiger partial charge in [-0.25, -0.2) is 9.97 Å². The summed E-state index contributed by atoms with van der Waals surface area (Å²) in [4.78, 5) is 22.9. The second-order valence-corrected chi connectivity index (χ2v) is 7.27. The van der Waals surface area contributed by atoms with E-state index < -0.39 is 0 Å². The number of carbonyl (C=O) groups excluding carboxylic acids is 1. The number of carbonyl (C=O) groups is 1. The molecule has 0 spiro atoms. The highest BCUT2D eigenvalue weighted by Gasteiger charge is 2.32. The predicted molar refractivity (Wildman–Crippen MR) is 96.3 cm³/mol. The third kappa shape index (κ3) is 3.60. The number of aromatic nitrogens is 2. The van der Waals surface area contributed by atoms with Crippen molar-refractivity contribution in [2.45, 2.75) is 38.5 Å². The van der Waals surface area contributed by atoms with Gasteiger partial charge in [-0.2, -0.15) is 0 Å². The highest BCUT2D eigenvalue weighted by molar-refractivity contribution is 5.84. The van der Waals surface area contributed by atoms with Crippen molar-refractivity contribution in [2.24, 2.45) is 11.8 Å². The molecule has 1 aliphatic heterocycles. The fourth-order valence-electron chi connectivity index (χ4n) is 4.32. The standard InChI is InChI=1S/C20H25N3O2/c24-19(23-11-10-16(12-23)15-6-2-1-3-7-15)13-25-20-17-8-4-5-9-18(17)21-14-22-20/h4-5,8-9,14-16H,1-3,6-7,10-13H2. The van der Waals surface area contributed by atoms with E-state index in [0.29, 0.717) is 11.8 Å². The van der Waals surface area contributed by atoms with Crippen LogP contribution in [-0.4, -0.2) is 40.5 Å².